The van der Waals surface area contributed by atoms with Gasteiger partial charge in [0, 0.05) is 13.0 Å². The summed E-state index contributed by atoms with van der Waals surface area (Å²) in [5, 5.41) is 19.6. The molecule has 1 aromatic heterocycles. The fraction of sp³-hybridized carbons (Fsp3) is 0.143. The monoisotopic (exact) mass is 168 g/mol. The van der Waals surface area contributed by atoms with Crippen LogP contribution in [-0.2, 0) is 0 Å². The second kappa shape index (κ2) is 2.77. The predicted octanol–water partition coefficient (Wildman–Crippen LogP) is 1.15. The molecule has 11 heavy (non-hydrogen) atoms. The summed E-state index contributed by atoms with van der Waals surface area (Å²) in [6.45, 7) is 1.63. The van der Waals surface area contributed by atoms with E-state index in [1.807, 2.05) is 6.07 Å². The van der Waals surface area contributed by atoms with Crippen LogP contribution >= 0.6 is 11.6 Å². The van der Waals surface area contributed by atoms with Crippen LogP contribution in [0.5, 0.6) is 0 Å². The zero-order valence-electron chi connectivity index (χ0n) is 5.84. The topological polar surface area (TPSA) is 50.7 Å². The number of rotatable bonds is 0. The van der Waals surface area contributed by atoms with E-state index in [1.165, 1.54) is 6.07 Å². The molecule has 0 spiro atoms. The van der Waals surface area contributed by atoms with E-state index in [4.69, 9.17) is 16.9 Å². The molecular formula is C7H5ClN2O. The molecule has 0 N–H and O–H groups in total. The number of nitriles is 1. The van der Waals surface area contributed by atoms with Crippen LogP contribution < -0.4 is 4.73 Å². The van der Waals surface area contributed by atoms with Gasteiger partial charge in [0.1, 0.15) is 11.6 Å². The van der Waals surface area contributed by atoms with Crippen LogP contribution in [0.4, 0.5) is 0 Å². The molecule has 0 aliphatic rings. The standard InChI is InChI=1S/C7H5ClN2O/c1-5-2-7(8)6(3-9)4-10(5)11/h2,4H,1H3. The molecule has 4 heteroatoms. The summed E-state index contributed by atoms with van der Waals surface area (Å²) in [6, 6.07) is 3.28. The highest BCUT2D eigenvalue weighted by molar-refractivity contribution is 6.31. The van der Waals surface area contributed by atoms with Gasteiger partial charge in [-0.25, -0.2) is 0 Å². The Morgan fingerprint density at radius 1 is 1.73 bits per heavy atom. The summed E-state index contributed by atoms with van der Waals surface area (Å²) in [4.78, 5) is 0. The Hall–Kier alpha value is -1.27. The highest BCUT2D eigenvalue weighted by Crippen LogP contribution is 2.12. The van der Waals surface area contributed by atoms with Crippen molar-refractivity contribution in [2.75, 3.05) is 0 Å². The number of nitrogens with zero attached hydrogens (tertiary/aromatic N) is 2. The van der Waals surface area contributed by atoms with Crippen molar-refractivity contribution in [1.29, 1.82) is 5.26 Å². The van der Waals surface area contributed by atoms with Crippen LogP contribution in [0.3, 0.4) is 0 Å². The van der Waals surface area contributed by atoms with Gasteiger partial charge in [-0.15, -0.1) is 0 Å². The summed E-state index contributed by atoms with van der Waals surface area (Å²) >= 11 is 5.63. The minimum Gasteiger partial charge on any atom is -0.618 e. The molecule has 0 saturated heterocycles. The van der Waals surface area contributed by atoms with Crippen molar-refractivity contribution in [3.8, 4) is 6.07 Å². The minimum absolute atomic E-state index is 0.201. The third kappa shape index (κ3) is 1.41. The SMILES string of the molecule is Cc1cc(Cl)c(C#N)c[n+]1[O-]. The Labute approximate surface area is 69.0 Å². The maximum absolute atomic E-state index is 10.9. The van der Waals surface area contributed by atoms with Crippen LogP contribution in [0.2, 0.25) is 5.02 Å². The van der Waals surface area contributed by atoms with Crippen molar-refractivity contribution in [2.45, 2.75) is 6.92 Å². The smallest absolute Gasteiger partial charge is 0.199 e. The Balaban J connectivity index is 3.35. The fourth-order valence-corrected chi connectivity index (χ4v) is 0.937. The lowest BCUT2D eigenvalue weighted by Crippen LogP contribution is -2.29. The van der Waals surface area contributed by atoms with Crippen molar-refractivity contribution in [3.05, 3.63) is 33.8 Å². The van der Waals surface area contributed by atoms with Gasteiger partial charge in [-0.2, -0.15) is 9.99 Å². The average Bonchev–Trinajstić information content (AvgIpc) is 1.97. The Bertz CT molecular complexity index is 330. The summed E-state index contributed by atoms with van der Waals surface area (Å²) < 4.78 is 0.616. The van der Waals surface area contributed by atoms with E-state index in [2.05, 4.69) is 0 Å². The summed E-state index contributed by atoms with van der Waals surface area (Å²) in [5.41, 5.74) is 0.682. The zero-order chi connectivity index (χ0) is 8.43. The van der Waals surface area contributed by atoms with Crippen molar-refractivity contribution in [2.24, 2.45) is 0 Å². The van der Waals surface area contributed by atoms with E-state index in [0.29, 0.717) is 15.4 Å². The van der Waals surface area contributed by atoms with Gasteiger partial charge < -0.3 is 5.21 Å². The van der Waals surface area contributed by atoms with Gasteiger partial charge in [0.2, 0.25) is 0 Å². The van der Waals surface area contributed by atoms with Crippen LogP contribution in [0.15, 0.2) is 12.3 Å². The summed E-state index contributed by atoms with van der Waals surface area (Å²) in [5.74, 6) is 0. The maximum Gasteiger partial charge on any atom is 0.199 e. The Morgan fingerprint density at radius 3 is 2.91 bits per heavy atom. The number of hydrogen-bond donors (Lipinski definition) is 0. The first-order chi connectivity index (χ1) is 5.15. The van der Waals surface area contributed by atoms with Gasteiger partial charge in [0.05, 0.1) is 5.02 Å². The van der Waals surface area contributed by atoms with Gasteiger partial charge in [0.25, 0.3) is 0 Å². The van der Waals surface area contributed by atoms with Gasteiger partial charge in [-0.05, 0) is 0 Å². The van der Waals surface area contributed by atoms with Crippen LogP contribution in [-0.4, -0.2) is 0 Å². The fourth-order valence-electron chi connectivity index (χ4n) is 0.688. The highest BCUT2D eigenvalue weighted by Gasteiger charge is 2.06. The molecule has 0 bridgehead atoms. The first kappa shape index (κ1) is 7.83. The van der Waals surface area contributed by atoms with E-state index >= 15 is 0 Å². The Morgan fingerprint density at radius 2 is 2.36 bits per heavy atom. The van der Waals surface area contributed by atoms with E-state index in [9.17, 15) is 5.21 Å². The van der Waals surface area contributed by atoms with Crippen LogP contribution in [0.25, 0.3) is 0 Å². The van der Waals surface area contributed by atoms with Gasteiger partial charge in [-0.1, -0.05) is 11.6 Å². The molecule has 0 unspecified atom stereocenters. The molecule has 0 radical (unpaired) electrons. The maximum atomic E-state index is 10.9. The van der Waals surface area contributed by atoms with Crippen molar-refractivity contribution >= 4 is 11.6 Å². The Kier molecular flexibility index (Phi) is 1.97. The molecule has 1 heterocycles. The van der Waals surface area contributed by atoms with Crippen molar-refractivity contribution in [1.82, 2.24) is 0 Å². The lowest BCUT2D eigenvalue weighted by atomic mass is 10.3. The lowest BCUT2D eigenvalue weighted by Gasteiger charge is -2.00. The molecular weight excluding hydrogens is 164 g/mol. The first-order valence-corrected chi connectivity index (χ1v) is 3.32. The second-order valence-electron chi connectivity index (χ2n) is 2.11. The van der Waals surface area contributed by atoms with Crippen molar-refractivity contribution in [3.63, 3.8) is 0 Å². The quantitative estimate of drug-likeness (QED) is 0.431. The molecule has 0 aromatic carbocycles. The molecule has 0 aliphatic carbocycles. The molecule has 0 aliphatic heterocycles. The molecule has 1 rings (SSSR count). The summed E-state index contributed by atoms with van der Waals surface area (Å²) in [7, 11) is 0. The summed E-state index contributed by atoms with van der Waals surface area (Å²) in [6.07, 6.45) is 1.16. The molecule has 56 valence electrons. The molecule has 0 fully saturated rings. The largest absolute Gasteiger partial charge is 0.618 e. The first-order valence-electron chi connectivity index (χ1n) is 2.94. The van der Waals surface area contributed by atoms with E-state index in [1.54, 1.807) is 6.92 Å². The molecule has 0 atom stereocenters. The van der Waals surface area contributed by atoms with E-state index < -0.39 is 0 Å². The average molecular weight is 169 g/mol. The third-order valence-electron chi connectivity index (χ3n) is 1.31. The number of hydrogen-bond acceptors (Lipinski definition) is 2. The van der Waals surface area contributed by atoms with Crippen molar-refractivity contribution < 1.29 is 4.73 Å². The normalized spacial score (nSPS) is 9.18. The number of aromatic nitrogens is 1. The number of aryl methyl sites for hydroxylation is 1. The third-order valence-corrected chi connectivity index (χ3v) is 1.62. The van der Waals surface area contributed by atoms with Crippen LogP contribution in [0.1, 0.15) is 11.3 Å². The number of pyridine rings is 1. The molecule has 1 aromatic rings. The van der Waals surface area contributed by atoms with Gasteiger partial charge in [-0.3, -0.25) is 0 Å². The van der Waals surface area contributed by atoms with Gasteiger partial charge >= 0.3 is 0 Å². The second-order valence-corrected chi connectivity index (χ2v) is 2.52. The minimum atomic E-state index is 0.201. The van der Waals surface area contributed by atoms with E-state index in [0.717, 1.165) is 6.20 Å². The molecule has 3 nitrogen and oxygen atoms in total. The van der Waals surface area contributed by atoms with E-state index in [-0.39, 0.29) is 5.56 Å². The zero-order valence-corrected chi connectivity index (χ0v) is 6.59. The molecule has 0 saturated carbocycles. The highest BCUT2D eigenvalue weighted by atomic mass is 35.5. The van der Waals surface area contributed by atoms with Crippen LogP contribution in [0, 0.1) is 23.5 Å². The van der Waals surface area contributed by atoms with Gasteiger partial charge in [0.15, 0.2) is 11.9 Å². The number of halogens is 1. The predicted molar refractivity (Wildman–Crippen MR) is 39.9 cm³/mol. The lowest BCUT2D eigenvalue weighted by molar-refractivity contribution is -0.612. The molecule has 0 amide bonds.